The maximum Gasteiger partial charge on any atom is 0.354 e. The van der Waals surface area contributed by atoms with Crippen molar-refractivity contribution in [3.05, 3.63) is 51.8 Å². The number of halogens is 1. The summed E-state index contributed by atoms with van der Waals surface area (Å²) in [6.07, 6.45) is 0.730. The molecule has 5 heteroatoms. The van der Waals surface area contributed by atoms with Crippen molar-refractivity contribution < 1.29 is 9.90 Å². The largest absolute Gasteiger partial charge is 0.477 e. The first-order valence-corrected chi connectivity index (χ1v) is 6.44. The van der Waals surface area contributed by atoms with Crippen LogP contribution in [0, 0.1) is 0 Å². The standard InChI is InChI=1S/C13H13BrN2O2/c1-2-11-7-12(13(17)18)16(15-11)8-9-3-5-10(14)6-4-9/h3-7H,2,8H2,1H3,(H,17,18). The number of carbonyl (C=O) groups is 1. The van der Waals surface area contributed by atoms with Crippen LogP contribution in [0.4, 0.5) is 0 Å². The minimum atomic E-state index is -0.945. The Balaban J connectivity index is 2.30. The summed E-state index contributed by atoms with van der Waals surface area (Å²) in [5.74, 6) is -0.945. The second-order valence-electron chi connectivity index (χ2n) is 3.96. The molecule has 0 bridgehead atoms. The predicted molar refractivity (Wildman–Crippen MR) is 71.8 cm³/mol. The van der Waals surface area contributed by atoms with E-state index >= 15 is 0 Å². The van der Waals surface area contributed by atoms with Gasteiger partial charge in [0.15, 0.2) is 0 Å². The highest BCUT2D eigenvalue weighted by Crippen LogP contribution is 2.13. The molecule has 0 radical (unpaired) electrons. The Morgan fingerprint density at radius 2 is 2.06 bits per heavy atom. The highest BCUT2D eigenvalue weighted by Gasteiger charge is 2.13. The fourth-order valence-corrected chi connectivity index (χ4v) is 1.96. The number of rotatable bonds is 4. The molecule has 1 aromatic carbocycles. The van der Waals surface area contributed by atoms with Crippen LogP contribution >= 0.6 is 15.9 Å². The van der Waals surface area contributed by atoms with E-state index in [0.717, 1.165) is 22.2 Å². The Morgan fingerprint density at radius 3 is 2.61 bits per heavy atom. The van der Waals surface area contributed by atoms with Crippen LogP contribution in [0.15, 0.2) is 34.8 Å². The summed E-state index contributed by atoms with van der Waals surface area (Å²) in [7, 11) is 0. The Hall–Kier alpha value is -1.62. The summed E-state index contributed by atoms with van der Waals surface area (Å²) >= 11 is 3.37. The van der Waals surface area contributed by atoms with Crippen molar-refractivity contribution in [2.24, 2.45) is 0 Å². The van der Waals surface area contributed by atoms with E-state index in [2.05, 4.69) is 21.0 Å². The van der Waals surface area contributed by atoms with Gasteiger partial charge in [0.2, 0.25) is 0 Å². The number of nitrogens with zero attached hydrogens (tertiary/aromatic N) is 2. The predicted octanol–water partition coefficient (Wildman–Crippen LogP) is 2.95. The molecule has 18 heavy (non-hydrogen) atoms. The molecule has 0 aliphatic rings. The van der Waals surface area contributed by atoms with Gasteiger partial charge in [-0.05, 0) is 30.2 Å². The molecule has 1 N–H and O–H groups in total. The van der Waals surface area contributed by atoms with E-state index in [4.69, 9.17) is 5.11 Å². The summed E-state index contributed by atoms with van der Waals surface area (Å²) in [5, 5.41) is 13.4. The Labute approximate surface area is 113 Å². The third kappa shape index (κ3) is 2.79. The van der Waals surface area contributed by atoms with Crippen molar-refractivity contribution in [2.45, 2.75) is 19.9 Å². The Bertz CT molecular complexity index is 561. The fourth-order valence-electron chi connectivity index (χ4n) is 1.70. The van der Waals surface area contributed by atoms with E-state index in [1.54, 1.807) is 6.07 Å². The fraction of sp³-hybridized carbons (Fsp3) is 0.231. The molecule has 0 unspecified atom stereocenters. The normalized spacial score (nSPS) is 10.6. The number of carboxylic acids is 1. The van der Waals surface area contributed by atoms with Gasteiger partial charge in [0.1, 0.15) is 5.69 Å². The van der Waals surface area contributed by atoms with Crippen LogP contribution in [0.3, 0.4) is 0 Å². The lowest BCUT2D eigenvalue weighted by Gasteiger charge is -2.04. The summed E-state index contributed by atoms with van der Waals surface area (Å²) in [6.45, 7) is 2.42. The van der Waals surface area contributed by atoms with Gasteiger partial charge in [0.05, 0.1) is 12.2 Å². The smallest absolute Gasteiger partial charge is 0.354 e. The van der Waals surface area contributed by atoms with Gasteiger partial charge in [-0.2, -0.15) is 5.10 Å². The average molecular weight is 309 g/mol. The summed E-state index contributed by atoms with van der Waals surface area (Å²) in [6, 6.07) is 9.38. The van der Waals surface area contributed by atoms with E-state index in [1.165, 1.54) is 4.68 Å². The topological polar surface area (TPSA) is 55.1 Å². The monoisotopic (exact) mass is 308 g/mol. The van der Waals surface area contributed by atoms with Crippen molar-refractivity contribution in [1.82, 2.24) is 9.78 Å². The van der Waals surface area contributed by atoms with Crippen molar-refractivity contribution in [3.8, 4) is 0 Å². The first-order valence-electron chi connectivity index (χ1n) is 5.64. The zero-order valence-corrected chi connectivity index (χ0v) is 11.5. The molecule has 2 aromatic rings. The molecule has 1 heterocycles. The number of aromatic nitrogens is 2. The highest BCUT2D eigenvalue weighted by molar-refractivity contribution is 9.10. The minimum absolute atomic E-state index is 0.231. The number of hydrogen-bond donors (Lipinski definition) is 1. The maximum absolute atomic E-state index is 11.1. The molecule has 94 valence electrons. The lowest BCUT2D eigenvalue weighted by Crippen LogP contribution is -2.10. The van der Waals surface area contributed by atoms with Gasteiger partial charge in [-0.25, -0.2) is 4.79 Å². The number of benzene rings is 1. The quantitative estimate of drug-likeness (QED) is 0.944. The third-order valence-corrected chi connectivity index (χ3v) is 3.19. The number of aryl methyl sites for hydroxylation is 1. The lowest BCUT2D eigenvalue weighted by atomic mass is 10.2. The highest BCUT2D eigenvalue weighted by atomic mass is 79.9. The molecule has 0 saturated carbocycles. The first kappa shape index (κ1) is 12.8. The molecule has 2 rings (SSSR count). The average Bonchev–Trinajstić information content (AvgIpc) is 2.75. The van der Waals surface area contributed by atoms with Gasteiger partial charge >= 0.3 is 5.97 Å². The molecule has 0 fully saturated rings. The number of aromatic carboxylic acids is 1. The molecule has 4 nitrogen and oxygen atoms in total. The van der Waals surface area contributed by atoms with Crippen LogP contribution in [0.5, 0.6) is 0 Å². The van der Waals surface area contributed by atoms with Crippen LogP contribution in [-0.2, 0) is 13.0 Å². The Morgan fingerprint density at radius 1 is 1.39 bits per heavy atom. The SMILES string of the molecule is CCc1cc(C(=O)O)n(Cc2ccc(Br)cc2)n1. The number of hydrogen-bond acceptors (Lipinski definition) is 2. The number of carboxylic acid groups (broad SMARTS) is 1. The van der Waals surface area contributed by atoms with Gasteiger partial charge in [-0.1, -0.05) is 35.0 Å². The van der Waals surface area contributed by atoms with E-state index in [-0.39, 0.29) is 5.69 Å². The second-order valence-corrected chi connectivity index (χ2v) is 4.88. The van der Waals surface area contributed by atoms with E-state index in [1.807, 2.05) is 31.2 Å². The van der Waals surface area contributed by atoms with E-state index in [0.29, 0.717) is 6.54 Å². The van der Waals surface area contributed by atoms with Crippen LogP contribution in [-0.4, -0.2) is 20.9 Å². The molecule has 0 saturated heterocycles. The maximum atomic E-state index is 11.1. The van der Waals surface area contributed by atoms with Crippen molar-refractivity contribution >= 4 is 21.9 Å². The molecule has 0 amide bonds. The van der Waals surface area contributed by atoms with Crippen LogP contribution in [0.2, 0.25) is 0 Å². The molecular formula is C13H13BrN2O2. The van der Waals surface area contributed by atoms with Crippen LogP contribution in [0.1, 0.15) is 28.7 Å². The molecule has 1 aromatic heterocycles. The van der Waals surface area contributed by atoms with E-state index in [9.17, 15) is 4.79 Å². The molecule has 0 atom stereocenters. The van der Waals surface area contributed by atoms with Crippen LogP contribution in [0.25, 0.3) is 0 Å². The van der Waals surface area contributed by atoms with Gasteiger partial charge < -0.3 is 5.11 Å². The van der Waals surface area contributed by atoms with Crippen LogP contribution < -0.4 is 0 Å². The minimum Gasteiger partial charge on any atom is -0.477 e. The van der Waals surface area contributed by atoms with E-state index < -0.39 is 5.97 Å². The van der Waals surface area contributed by atoms with Gasteiger partial charge in [-0.3, -0.25) is 4.68 Å². The van der Waals surface area contributed by atoms with Gasteiger partial charge in [0, 0.05) is 4.47 Å². The lowest BCUT2D eigenvalue weighted by molar-refractivity contribution is 0.0684. The van der Waals surface area contributed by atoms with Gasteiger partial charge in [-0.15, -0.1) is 0 Å². The van der Waals surface area contributed by atoms with Crippen molar-refractivity contribution in [1.29, 1.82) is 0 Å². The Kier molecular flexibility index (Phi) is 3.81. The van der Waals surface area contributed by atoms with Crippen molar-refractivity contribution in [3.63, 3.8) is 0 Å². The third-order valence-electron chi connectivity index (χ3n) is 2.66. The summed E-state index contributed by atoms with van der Waals surface area (Å²) in [4.78, 5) is 11.1. The zero-order chi connectivity index (χ0) is 13.1. The molecular weight excluding hydrogens is 296 g/mol. The summed E-state index contributed by atoms with van der Waals surface area (Å²) in [5.41, 5.74) is 2.05. The molecule has 0 aliphatic carbocycles. The second kappa shape index (κ2) is 5.35. The first-order chi connectivity index (χ1) is 8.60. The van der Waals surface area contributed by atoms with Crippen molar-refractivity contribution in [2.75, 3.05) is 0 Å². The van der Waals surface area contributed by atoms with Gasteiger partial charge in [0.25, 0.3) is 0 Å². The zero-order valence-electron chi connectivity index (χ0n) is 9.93. The molecule has 0 spiro atoms. The summed E-state index contributed by atoms with van der Waals surface area (Å²) < 4.78 is 2.53. The molecule has 0 aliphatic heterocycles.